The van der Waals surface area contributed by atoms with E-state index in [9.17, 15) is 9.90 Å². The van der Waals surface area contributed by atoms with Crippen LogP contribution in [0.3, 0.4) is 0 Å². The second-order valence-electron chi connectivity index (χ2n) is 12.2. The zero-order chi connectivity index (χ0) is 27.4. The number of aliphatic hydroxyl groups is 1. The first-order chi connectivity index (χ1) is 18.8. The monoisotopic (exact) mass is 727 g/mol. The summed E-state index contributed by atoms with van der Waals surface area (Å²) < 4.78 is 0. The number of benzene rings is 3. The average molecular weight is 727 g/mol. The molecule has 0 spiro atoms. The maximum absolute atomic E-state index is 11.8. The van der Waals surface area contributed by atoms with Gasteiger partial charge in [0.05, 0.1) is 5.76 Å². The minimum Gasteiger partial charge on any atom is -0.512 e. The number of hydrogen-bond acceptors (Lipinski definition) is 3. The van der Waals surface area contributed by atoms with Crippen molar-refractivity contribution in [2.75, 3.05) is 0 Å². The van der Waals surface area contributed by atoms with Crippen molar-refractivity contribution in [1.29, 1.82) is 0 Å². The van der Waals surface area contributed by atoms with Crippen molar-refractivity contribution in [2.24, 2.45) is 11.8 Å². The Morgan fingerprint density at radius 3 is 2.22 bits per heavy atom. The van der Waals surface area contributed by atoms with Crippen LogP contribution in [0.2, 0.25) is 0 Å². The van der Waals surface area contributed by atoms with Crippen LogP contribution in [0.25, 0.3) is 32.8 Å². The molecule has 2 saturated carbocycles. The van der Waals surface area contributed by atoms with Crippen molar-refractivity contribution in [3.05, 3.63) is 90.3 Å². The molecule has 6 rings (SSSR count). The Balaban J connectivity index is 0.000000237. The van der Waals surface area contributed by atoms with Crippen LogP contribution < -0.4 is 0 Å². The van der Waals surface area contributed by atoms with Crippen LogP contribution in [-0.4, -0.2) is 15.9 Å². The van der Waals surface area contributed by atoms with Crippen LogP contribution in [-0.2, 0) is 30.3 Å². The van der Waals surface area contributed by atoms with E-state index >= 15 is 0 Å². The zero-order valence-electron chi connectivity index (χ0n) is 23.9. The number of pyridine rings is 1. The van der Waals surface area contributed by atoms with Gasteiger partial charge in [0.2, 0.25) is 0 Å². The molecule has 0 aliphatic heterocycles. The van der Waals surface area contributed by atoms with Crippen molar-refractivity contribution in [3.8, 4) is 11.3 Å². The molecule has 1 radical (unpaired) electrons. The number of nitrogens with zero attached hydrogens (tertiary/aromatic N) is 1. The van der Waals surface area contributed by atoms with E-state index in [0.29, 0.717) is 5.76 Å². The van der Waals surface area contributed by atoms with E-state index < -0.39 is 0 Å². The molecule has 3 aromatic carbocycles. The van der Waals surface area contributed by atoms with Gasteiger partial charge < -0.3 is 10.1 Å². The first-order valence-corrected chi connectivity index (χ1v) is 14.5. The summed E-state index contributed by atoms with van der Waals surface area (Å²) in [6.45, 7) is 6.73. The number of aliphatic hydroxyl groups excluding tert-OH is 1. The summed E-state index contributed by atoms with van der Waals surface area (Å²) in [4.78, 5) is 16.5. The van der Waals surface area contributed by atoms with E-state index in [1.165, 1.54) is 58.9 Å². The Morgan fingerprint density at radius 1 is 0.878 bits per heavy atom. The summed E-state index contributed by atoms with van der Waals surface area (Å²) in [5.74, 6) is 0.991. The third-order valence-corrected chi connectivity index (χ3v) is 8.41. The Hall–Kier alpha value is -2.81. The summed E-state index contributed by atoms with van der Waals surface area (Å²) in [5.41, 5.74) is 3.56. The Kier molecular flexibility index (Phi) is 11.5. The summed E-state index contributed by atoms with van der Waals surface area (Å²) >= 11 is 0. The number of ketones is 1. The quantitative estimate of drug-likeness (QED) is 0.129. The topological polar surface area (TPSA) is 50.2 Å². The van der Waals surface area contributed by atoms with Gasteiger partial charge in [0, 0.05) is 44.2 Å². The molecule has 1 heterocycles. The zero-order valence-corrected chi connectivity index (χ0v) is 26.3. The number of aromatic nitrogens is 1. The van der Waals surface area contributed by atoms with Crippen LogP contribution in [0.15, 0.2) is 78.7 Å². The number of allylic oxidation sites excluding steroid dienone is 2. The number of carbonyl (C=O) groups is 1. The summed E-state index contributed by atoms with van der Waals surface area (Å²) in [6, 6.07) is 24.7. The van der Waals surface area contributed by atoms with Gasteiger partial charge in [-0.25, -0.2) is 0 Å². The van der Waals surface area contributed by atoms with Crippen LogP contribution in [0, 0.1) is 17.9 Å². The Bertz CT molecular complexity index is 1480. The molecule has 0 atom stereocenters. The molecule has 3 nitrogen and oxygen atoms in total. The molecule has 219 valence electrons. The molecule has 4 heteroatoms. The molecule has 0 bridgehead atoms. The Labute approximate surface area is 259 Å². The molecule has 2 aliphatic rings. The van der Waals surface area contributed by atoms with Gasteiger partial charge in [-0.1, -0.05) is 102 Å². The van der Waals surface area contributed by atoms with E-state index in [0.717, 1.165) is 36.9 Å². The van der Waals surface area contributed by atoms with Crippen molar-refractivity contribution in [3.63, 3.8) is 0 Å². The molecule has 41 heavy (non-hydrogen) atoms. The fraction of sp³-hybridized carbons (Fsp3) is 0.405. The fourth-order valence-corrected chi connectivity index (χ4v) is 6.02. The van der Waals surface area contributed by atoms with Crippen LogP contribution in [0.4, 0.5) is 0 Å². The van der Waals surface area contributed by atoms with Gasteiger partial charge in [-0.05, 0) is 59.2 Å². The first-order valence-electron chi connectivity index (χ1n) is 14.5. The minimum atomic E-state index is 0. The summed E-state index contributed by atoms with van der Waals surface area (Å²) in [5, 5.41) is 14.6. The van der Waals surface area contributed by atoms with Gasteiger partial charge in [-0.3, -0.25) is 4.79 Å². The largest absolute Gasteiger partial charge is 0.512 e. The number of carbonyl (C=O) groups excluding carboxylic acids is 1. The standard InChI is InChI=1S/C23H20N.C13H20O2.CH4.Ir/c1-23(2,3)18-11-12-20-17(15-18)13-14-24-22(20)21-10-6-8-16-7-4-5-9-19(16)21;14-12(10-5-1-2-6-10)9-13(15)11-7-3-4-8-11;;/h4-9,11-15H,1-3H3;9-11,14H,1-8H2;1H4;/q-1;;;. The summed E-state index contributed by atoms with van der Waals surface area (Å²) in [7, 11) is 0. The molecular weight excluding hydrogens is 683 g/mol. The van der Waals surface area contributed by atoms with E-state index in [1.54, 1.807) is 0 Å². The SMILES string of the molecule is C.CC(C)(C)c1ccc2c(-c3[c-]ccc4ccccc34)nccc2c1.O=C(C=C(O)C1CCCC1)C1CCCC1.[Ir]. The van der Waals surface area contributed by atoms with Gasteiger partial charge in [0.15, 0.2) is 5.78 Å². The molecule has 2 fully saturated rings. The molecule has 0 saturated heterocycles. The van der Waals surface area contributed by atoms with Gasteiger partial charge in [-0.15, -0.1) is 29.1 Å². The fourth-order valence-electron chi connectivity index (χ4n) is 6.02. The molecular formula is C37H44IrNO2-. The second-order valence-corrected chi connectivity index (χ2v) is 12.2. The molecule has 0 unspecified atom stereocenters. The first kappa shape index (κ1) is 32.7. The van der Waals surface area contributed by atoms with Crippen molar-refractivity contribution >= 4 is 27.3 Å². The Morgan fingerprint density at radius 2 is 1.54 bits per heavy atom. The molecule has 1 aromatic heterocycles. The third-order valence-electron chi connectivity index (χ3n) is 8.41. The van der Waals surface area contributed by atoms with Crippen molar-refractivity contribution in [1.82, 2.24) is 4.98 Å². The normalized spacial score (nSPS) is 16.1. The maximum Gasteiger partial charge on any atom is 0.162 e. The van der Waals surface area contributed by atoms with E-state index in [4.69, 9.17) is 0 Å². The van der Waals surface area contributed by atoms with E-state index in [1.807, 2.05) is 12.3 Å². The number of fused-ring (bicyclic) bond motifs is 2. The predicted octanol–water partition coefficient (Wildman–Crippen LogP) is 10.2. The average Bonchev–Trinajstić information content (AvgIpc) is 3.67. The second kappa shape index (κ2) is 14.4. The molecule has 4 aromatic rings. The molecule has 2 aliphatic carbocycles. The van der Waals surface area contributed by atoms with E-state index in [2.05, 4.69) is 86.4 Å². The van der Waals surface area contributed by atoms with Gasteiger partial charge in [0.25, 0.3) is 0 Å². The van der Waals surface area contributed by atoms with Crippen LogP contribution in [0.5, 0.6) is 0 Å². The van der Waals surface area contributed by atoms with Gasteiger partial charge >= 0.3 is 0 Å². The van der Waals surface area contributed by atoms with Gasteiger partial charge in [-0.2, -0.15) is 0 Å². The van der Waals surface area contributed by atoms with Crippen LogP contribution in [0.1, 0.15) is 85.1 Å². The van der Waals surface area contributed by atoms with Crippen molar-refractivity contribution in [2.45, 2.75) is 85.0 Å². The van der Waals surface area contributed by atoms with Crippen LogP contribution >= 0.6 is 0 Å². The summed E-state index contributed by atoms with van der Waals surface area (Å²) in [6.07, 6.45) is 12.3. The molecule has 0 amide bonds. The van der Waals surface area contributed by atoms with Crippen molar-refractivity contribution < 1.29 is 30.0 Å². The maximum atomic E-state index is 11.8. The predicted molar refractivity (Wildman–Crippen MR) is 169 cm³/mol. The molecule has 1 N–H and O–H groups in total. The third kappa shape index (κ3) is 7.73. The van der Waals surface area contributed by atoms with E-state index in [-0.39, 0.29) is 50.6 Å². The smallest absolute Gasteiger partial charge is 0.162 e. The number of hydrogen-bond donors (Lipinski definition) is 1. The van der Waals surface area contributed by atoms with Gasteiger partial charge in [0.1, 0.15) is 0 Å². The number of rotatable bonds is 4. The minimum absolute atomic E-state index is 0.